The Hall–Kier alpha value is -1.18. The summed E-state index contributed by atoms with van der Waals surface area (Å²) in [6.07, 6.45) is 4.66. The Kier molecular flexibility index (Phi) is 11.9. The van der Waals surface area contributed by atoms with Crippen molar-refractivity contribution >= 4 is 12.1 Å². The quantitative estimate of drug-likeness (QED) is 0.467. The van der Waals surface area contributed by atoms with Crippen LogP contribution in [0.3, 0.4) is 0 Å². The third kappa shape index (κ3) is 8.73. The zero-order valence-corrected chi connectivity index (χ0v) is 9.12. The predicted molar refractivity (Wildman–Crippen MR) is 62.5 cm³/mol. The van der Waals surface area contributed by atoms with Gasteiger partial charge in [0.2, 0.25) is 0 Å². The van der Waals surface area contributed by atoms with Crippen molar-refractivity contribution in [2.24, 2.45) is 15.9 Å². The molecule has 0 aliphatic heterocycles. The van der Waals surface area contributed by atoms with Gasteiger partial charge >= 0.3 is 0 Å². The summed E-state index contributed by atoms with van der Waals surface area (Å²) in [7, 11) is 0. The molecule has 0 unspecified atom stereocenters. The molecule has 0 aromatic heterocycles. The van der Waals surface area contributed by atoms with Crippen LogP contribution < -0.4 is 0 Å². The van der Waals surface area contributed by atoms with Crippen LogP contribution in [0.25, 0.3) is 0 Å². The number of aliphatic imine (C=N–C) groups is 2. The summed E-state index contributed by atoms with van der Waals surface area (Å²) in [5, 5.41) is 0. The predicted octanol–water partition coefficient (Wildman–Crippen LogP) is 3.47. The van der Waals surface area contributed by atoms with Crippen LogP contribution >= 0.6 is 0 Å². The van der Waals surface area contributed by atoms with Gasteiger partial charge < -0.3 is 0 Å². The highest BCUT2D eigenvalue weighted by Gasteiger charge is 1.96. The van der Waals surface area contributed by atoms with E-state index in [-0.39, 0.29) is 0 Å². The molecule has 2 nitrogen and oxygen atoms in total. The van der Waals surface area contributed by atoms with Gasteiger partial charge in [-0.1, -0.05) is 40.9 Å². The molecule has 0 aliphatic rings. The fourth-order valence-electron chi connectivity index (χ4n) is 0.585. The van der Waals surface area contributed by atoms with Crippen LogP contribution in [0.15, 0.2) is 35.4 Å². The molecular formula is C11H20N2. The lowest BCUT2D eigenvalue weighted by atomic mass is 10.1. The second-order valence-electron chi connectivity index (χ2n) is 2.36. The molecule has 0 amide bonds. The monoisotopic (exact) mass is 180 g/mol. The van der Waals surface area contributed by atoms with E-state index in [0.29, 0.717) is 5.92 Å². The Morgan fingerprint density at radius 1 is 1.23 bits per heavy atom. The largest absolute Gasteiger partial charge is 0.245 e. The average molecular weight is 180 g/mol. The van der Waals surface area contributed by atoms with Crippen LogP contribution in [0.1, 0.15) is 27.7 Å². The van der Waals surface area contributed by atoms with Gasteiger partial charge in [-0.3, -0.25) is 0 Å². The fourth-order valence-corrected chi connectivity index (χ4v) is 0.585. The van der Waals surface area contributed by atoms with Gasteiger partial charge in [0.15, 0.2) is 0 Å². The first-order valence-electron chi connectivity index (χ1n) is 4.55. The Labute approximate surface area is 81.8 Å². The number of rotatable bonds is 4. The Bertz CT molecular complexity index is 188. The second-order valence-corrected chi connectivity index (χ2v) is 2.36. The van der Waals surface area contributed by atoms with Crippen molar-refractivity contribution in [3.05, 3.63) is 25.4 Å². The number of hydrogen-bond acceptors (Lipinski definition) is 1. The molecule has 0 fully saturated rings. The number of allylic oxidation sites excluding steroid dienone is 1. The summed E-state index contributed by atoms with van der Waals surface area (Å²) in [6, 6.07) is 0. The summed E-state index contributed by atoms with van der Waals surface area (Å²) in [6.45, 7) is 15.2. The van der Waals surface area contributed by atoms with E-state index in [1.54, 1.807) is 6.08 Å². The molecular weight excluding hydrogens is 160 g/mol. The van der Waals surface area contributed by atoms with Gasteiger partial charge in [0.1, 0.15) is 6.34 Å². The van der Waals surface area contributed by atoms with E-state index in [4.69, 9.17) is 0 Å². The van der Waals surface area contributed by atoms with Crippen LogP contribution in [0, 0.1) is 5.92 Å². The molecule has 13 heavy (non-hydrogen) atoms. The smallest absolute Gasteiger partial charge is 0.115 e. The minimum Gasteiger partial charge on any atom is -0.245 e. The lowest BCUT2D eigenvalue weighted by Gasteiger charge is -2.00. The molecule has 0 spiro atoms. The van der Waals surface area contributed by atoms with Crippen molar-refractivity contribution < 1.29 is 0 Å². The Balaban J connectivity index is 0. The molecule has 2 heteroatoms. The molecule has 0 heterocycles. The van der Waals surface area contributed by atoms with Crippen LogP contribution in [0.5, 0.6) is 0 Å². The molecule has 0 saturated heterocycles. The molecule has 0 bridgehead atoms. The van der Waals surface area contributed by atoms with Gasteiger partial charge in [0.25, 0.3) is 0 Å². The summed E-state index contributed by atoms with van der Waals surface area (Å²) in [5.74, 6) is 0.392. The normalized spacial score (nSPS) is 11.0. The molecule has 0 atom stereocenters. The standard InChI is InChI=1S/C9H14N2.C2H6/c1-5-9(8(3)4)11-7-10-6-2;1-2/h5-8H,1-2H2,3-4H3;1-2H3. The molecule has 0 rings (SSSR count). The van der Waals surface area contributed by atoms with Gasteiger partial charge in [0.05, 0.1) is 0 Å². The minimum atomic E-state index is 0.392. The van der Waals surface area contributed by atoms with E-state index >= 15 is 0 Å². The fraction of sp³-hybridized carbons (Fsp3) is 0.455. The molecule has 0 radical (unpaired) electrons. The van der Waals surface area contributed by atoms with E-state index < -0.39 is 0 Å². The maximum Gasteiger partial charge on any atom is 0.115 e. The molecule has 0 aromatic rings. The lowest BCUT2D eigenvalue weighted by Crippen LogP contribution is -2.02. The van der Waals surface area contributed by atoms with Crippen LogP contribution in [0.4, 0.5) is 0 Å². The van der Waals surface area contributed by atoms with Crippen molar-refractivity contribution in [2.45, 2.75) is 27.7 Å². The van der Waals surface area contributed by atoms with Gasteiger partial charge in [-0.2, -0.15) is 0 Å². The van der Waals surface area contributed by atoms with Gasteiger partial charge in [-0.05, 0) is 12.0 Å². The third-order valence-corrected chi connectivity index (χ3v) is 1.18. The number of hydrogen-bond donors (Lipinski definition) is 0. The highest BCUT2D eigenvalue weighted by Crippen LogP contribution is 1.96. The Morgan fingerprint density at radius 3 is 2.08 bits per heavy atom. The summed E-state index contributed by atoms with van der Waals surface area (Å²) >= 11 is 0. The van der Waals surface area contributed by atoms with E-state index in [0.717, 1.165) is 5.71 Å². The van der Waals surface area contributed by atoms with Gasteiger partial charge in [-0.25, -0.2) is 9.98 Å². The zero-order chi connectivity index (χ0) is 10.7. The molecule has 0 saturated carbocycles. The lowest BCUT2D eigenvalue weighted by molar-refractivity contribution is 0.891. The van der Waals surface area contributed by atoms with Crippen LogP contribution in [0.2, 0.25) is 0 Å². The maximum atomic E-state index is 4.07. The van der Waals surface area contributed by atoms with E-state index in [9.17, 15) is 0 Å². The molecule has 0 aliphatic carbocycles. The Morgan fingerprint density at radius 2 is 1.77 bits per heavy atom. The second kappa shape index (κ2) is 10.8. The van der Waals surface area contributed by atoms with Crippen molar-refractivity contribution in [3.8, 4) is 0 Å². The van der Waals surface area contributed by atoms with E-state index in [1.807, 2.05) is 13.8 Å². The first kappa shape index (κ1) is 14.3. The highest BCUT2D eigenvalue weighted by molar-refractivity contribution is 6.00. The maximum absolute atomic E-state index is 4.07. The topological polar surface area (TPSA) is 24.7 Å². The SMILES string of the molecule is C=CN=CN=C(C=C)C(C)C.CC. The van der Waals surface area contributed by atoms with E-state index in [1.165, 1.54) is 12.5 Å². The van der Waals surface area contributed by atoms with E-state index in [2.05, 4.69) is 37.0 Å². The molecule has 0 aromatic carbocycles. The van der Waals surface area contributed by atoms with Crippen molar-refractivity contribution in [3.63, 3.8) is 0 Å². The van der Waals surface area contributed by atoms with Crippen LogP contribution in [-0.2, 0) is 0 Å². The van der Waals surface area contributed by atoms with Crippen LogP contribution in [-0.4, -0.2) is 12.1 Å². The average Bonchev–Trinajstić information content (AvgIpc) is 2.15. The summed E-state index contributed by atoms with van der Waals surface area (Å²) in [5.41, 5.74) is 0.940. The van der Waals surface area contributed by atoms with Gasteiger partial charge in [-0.15, -0.1) is 0 Å². The summed E-state index contributed by atoms with van der Waals surface area (Å²) in [4.78, 5) is 7.81. The summed E-state index contributed by atoms with van der Waals surface area (Å²) < 4.78 is 0. The highest BCUT2D eigenvalue weighted by atomic mass is 14.8. The number of nitrogens with zero attached hydrogens (tertiary/aromatic N) is 2. The minimum absolute atomic E-state index is 0.392. The third-order valence-electron chi connectivity index (χ3n) is 1.18. The van der Waals surface area contributed by atoms with Crippen molar-refractivity contribution in [1.82, 2.24) is 0 Å². The molecule has 74 valence electrons. The van der Waals surface area contributed by atoms with Crippen molar-refractivity contribution in [2.75, 3.05) is 0 Å². The molecule has 0 N–H and O–H groups in total. The zero-order valence-electron chi connectivity index (χ0n) is 9.12. The van der Waals surface area contributed by atoms with Gasteiger partial charge in [0, 0.05) is 11.9 Å². The first-order chi connectivity index (χ1) is 6.22. The first-order valence-corrected chi connectivity index (χ1v) is 4.55. The van der Waals surface area contributed by atoms with Crippen molar-refractivity contribution in [1.29, 1.82) is 0 Å².